The molecule has 0 aromatic heterocycles. The SMILES string of the molecule is Nc1cccc(OCCNC(=O)N2CCCC2)c1. The largest absolute Gasteiger partial charge is 0.492 e. The molecule has 1 aliphatic heterocycles. The van der Waals surface area contributed by atoms with E-state index < -0.39 is 0 Å². The lowest BCUT2D eigenvalue weighted by Crippen LogP contribution is -2.39. The quantitative estimate of drug-likeness (QED) is 0.627. The van der Waals surface area contributed by atoms with Crippen molar-refractivity contribution in [2.24, 2.45) is 0 Å². The highest BCUT2D eigenvalue weighted by molar-refractivity contribution is 5.74. The van der Waals surface area contributed by atoms with Gasteiger partial charge in [0.1, 0.15) is 12.4 Å². The van der Waals surface area contributed by atoms with Crippen LogP contribution in [0.15, 0.2) is 24.3 Å². The molecule has 18 heavy (non-hydrogen) atoms. The lowest BCUT2D eigenvalue weighted by molar-refractivity contribution is 0.205. The number of benzene rings is 1. The van der Waals surface area contributed by atoms with Crippen molar-refractivity contribution >= 4 is 11.7 Å². The molecule has 1 heterocycles. The van der Waals surface area contributed by atoms with Crippen molar-refractivity contribution in [1.29, 1.82) is 0 Å². The number of carbonyl (C=O) groups excluding carboxylic acids is 1. The van der Waals surface area contributed by atoms with E-state index in [-0.39, 0.29) is 6.03 Å². The van der Waals surface area contributed by atoms with Gasteiger partial charge in [0.2, 0.25) is 0 Å². The lowest BCUT2D eigenvalue weighted by Gasteiger charge is -2.16. The van der Waals surface area contributed by atoms with Crippen LogP contribution in [0.1, 0.15) is 12.8 Å². The summed E-state index contributed by atoms with van der Waals surface area (Å²) in [5.41, 5.74) is 6.31. The van der Waals surface area contributed by atoms with E-state index in [1.165, 1.54) is 0 Å². The predicted octanol–water partition coefficient (Wildman–Crippen LogP) is 1.45. The second-order valence-electron chi connectivity index (χ2n) is 4.35. The van der Waals surface area contributed by atoms with Crippen molar-refractivity contribution in [3.8, 4) is 5.75 Å². The Morgan fingerprint density at radius 1 is 1.39 bits per heavy atom. The Balaban J connectivity index is 1.65. The number of nitrogen functional groups attached to an aromatic ring is 1. The predicted molar refractivity (Wildman–Crippen MR) is 70.6 cm³/mol. The molecule has 0 atom stereocenters. The van der Waals surface area contributed by atoms with Crippen molar-refractivity contribution < 1.29 is 9.53 Å². The minimum atomic E-state index is 0.00340. The molecule has 1 aromatic carbocycles. The minimum absolute atomic E-state index is 0.00340. The molecule has 1 saturated heterocycles. The molecule has 0 bridgehead atoms. The van der Waals surface area contributed by atoms with Crippen molar-refractivity contribution in [2.45, 2.75) is 12.8 Å². The molecule has 0 radical (unpaired) electrons. The van der Waals surface area contributed by atoms with Gasteiger partial charge < -0.3 is 20.7 Å². The molecule has 0 aliphatic carbocycles. The van der Waals surface area contributed by atoms with Crippen LogP contribution in [0.2, 0.25) is 0 Å². The highest BCUT2D eigenvalue weighted by Crippen LogP contribution is 2.13. The first kappa shape index (κ1) is 12.5. The lowest BCUT2D eigenvalue weighted by atomic mass is 10.3. The van der Waals surface area contributed by atoms with Gasteiger partial charge in [-0.15, -0.1) is 0 Å². The van der Waals surface area contributed by atoms with E-state index in [0.717, 1.165) is 31.7 Å². The monoisotopic (exact) mass is 249 g/mol. The molecule has 0 saturated carbocycles. The second kappa shape index (κ2) is 6.14. The van der Waals surface area contributed by atoms with Crippen molar-refractivity contribution in [3.63, 3.8) is 0 Å². The molecule has 1 aliphatic rings. The number of ether oxygens (including phenoxy) is 1. The van der Waals surface area contributed by atoms with E-state index in [1.54, 1.807) is 6.07 Å². The minimum Gasteiger partial charge on any atom is -0.492 e. The van der Waals surface area contributed by atoms with Crippen molar-refractivity contribution in [1.82, 2.24) is 10.2 Å². The normalized spacial score (nSPS) is 14.6. The molecular formula is C13H19N3O2. The summed E-state index contributed by atoms with van der Waals surface area (Å²) >= 11 is 0. The number of rotatable bonds is 4. The number of carbonyl (C=O) groups is 1. The number of nitrogens with zero attached hydrogens (tertiary/aromatic N) is 1. The molecule has 0 spiro atoms. The number of urea groups is 1. The molecule has 2 amide bonds. The van der Waals surface area contributed by atoms with Gasteiger partial charge in [0, 0.05) is 24.8 Å². The molecule has 2 rings (SSSR count). The fourth-order valence-electron chi connectivity index (χ4n) is 1.96. The van der Waals surface area contributed by atoms with Gasteiger partial charge in [0.05, 0.1) is 6.54 Å². The Morgan fingerprint density at radius 3 is 2.89 bits per heavy atom. The molecule has 1 fully saturated rings. The van der Waals surface area contributed by atoms with Crippen LogP contribution in [0, 0.1) is 0 Å². The molecule has 3 N–H and O–H groups in total. The van der Waals surface area contributed by atoms with Crippen LogP contribution in [-0.2, 0) is 0 Å². The maximum atomic E-state index is 11.7. The number of nitrogens with two attached hydrogens (primary N) is 1. The van der Waals surface area contributed by atoms with Gasteiger partial charge >= 0.3 is 6.03 Å². The van der Waals surface area contributed by atoms with Crippen LogP contribution >= 0.6 is 0 Å². The number of likely N-dealkylation sites (tertiary alicyclic amines) is 1. The van der Waals surface area contributed by atoms with Crippen molar-refractivity contribution in [3.05, 3.63) is 24.3 Å². The van der Waals surface area contributed by atoms with E-state index >= 15 is 0 Å². The number of hydrogen-bond acceptors (Lipinski definition) is 3. The van der Waals surface area contributed by atoms with E-state index in [9.17, 15) is 4.79 Å². The van der Waals surface area contributed by atoms with Crippen LogP contribution in [0.3, 0.4) is 0 Å². The number of nitrogens with one attached hydrogen (secondary N) is 1. The first-order chi connectivity index (χ1) is 8.75. The Labute approximate surface area is 107 Å². The molecule has 5 nitrogen and oxygen atoms in total. The Morgan fingerprint density at radius 2 is 2.17 bits per heavy atom. The number of hydrogen-bond donors (Lipinski definition) is 2. The molecular weight excluding hydrogens is 230 g/mol. The summed E-state index contributed by atoms with van der Waals surface area (Å²) < 4.78 is 5.49. The van der Waals surface area contributed by atoms with Gasteiger partial charge in [-0.1, -0.05) is 6.07 Å². The van der Waals surface area contributed by atoms with Crippen LogP contribution in [0.25, 0.3) is 0 Å². The summed E-state index contributed by atoms with van der Waals surface area (Å²) in [5.74, 6) is 0.727. The maximum absolute atomic E-state index is 11.7. The zero-order valence-electron chi connectivity index (χ0n) is 10.4. The third kappa shape index (κ3) is 3.55. The molecule has 98 valence electrons. The van der Waals surface area contributed by atoms with E-state index in [0.29, 0.717) is 18.8 Å². The third-order valence-corrected chi connectivity index (χ3v) is 2.90. The van der Waals surface area contributed by atoms with Crippen LogP contribution in [0.4, 0.5) is 10.5 Å². The fourth-order valence-corrected chi connectivity index (χ4v) is 1.96. The summed E-state index contributed by atoms with van der Waals surface area (Å²) in [5, 5.41) is 2.84. The van der Waals surface area contributed by atoms with Crippen LogP contribution < -0.4 is 15.8 Å². The zero-order chi connectivity index (χ0) is 12.8. The van der Waals surface area contributed by atoms with E-state index in [2.05, 4.69) is 5.32 Å². The summed E-state index contributed by atoms with van der Waals surface area (Å²) in [6.07, 6.45) is 2.21. The van der Waals surface area contributed by atoms with Gasteiger partial charge in [0.25, 0.3) is 0 Å². The van der Waals surface area contributed by atoms with Gasteiger partial charge in [0.15, 0.2) is 0 Å². The summed E-state index contributed by atoms with van der Waals surface area (Å²) in [6.45, 7) is 2.68. The van der Waals surface area contributed by atoms with Crippen LogP contribution in [0.5, 0.6) is 5.75 Å². The molecule has 1 aromatic rings. The van der Waals surface area contributed by atoms with Gasteiger partial charge in [-0.2, -0.15) is 0 Å². The van der Waals surface area contributed by atoms with Gasteiger partial charge in [-0.25, -0.2) is 4.79 Å². The van der Waals surface area contributed by atoms with Gasteiger partial charge in [-0.05, 0) is 25.0 Å². The fraction of sp³-hybridized carbons (Fsp3) is 0.462. The Kier molecular flexibility index (Phi) is 4.28. The molecule has 0 unspecified atom stereocenters. The molecule has 5 heteroatoms. The highest BCUT2D eigenvalue weighted by atomic mass is 16.5. The van der Waals surface area contributed by atoms with E-state index in [1.807, 2.05) is 23.1 Å². The average molecular weight is 249 g/mol. The Bertz CT molecular complexity index is 403. The standard InChI is InChI=1S/C13H19N3O2/c14-11-4-3-5-12(10-11)18-9-6-15-13(17)16-7-1-2-8-16/h3-5,10H,1-2,6-9,14H2,(H,15,17). The number of amides is 2. The maximum Gasteiger partial charge on any atom is 0.317 e. The average Bonchev–Trinajstić information content (AvgIpc) is 2.88. The topological polar surface area (TPSA) is 67.6 Å². The first-order valence-electron chi connectivity index (χ1n) is 6.27. The summed E-state index contributed by atoms with van der Waals surface area (Å²) in [6, 6.07) is 7.26. The summed E-state index contributed by atoms with van der Waals surface area (Å²) in [4.78, 5) is 13.5. The first-order valence-corrected chi connectivity index (χ1v) is 6.27. The second-order valence-corrected chi connectivity index (χ2v) is 4.35. The van der Waals surface area contributed by atoms with Crippen LogP contribution in [-0.4, -0.2) is 37.2 Å². The number of anilines is 1. The van der Waals surface area contributed by atoms with E-state index in [4.69, 9.17) is 10.5 Å². The summed E-state index contributed by atoms with van der Waals surface area (Å²) in [7, 11) is 0. The highest BCUT2D eigenvalue weighted by Gasteiger charge is 2.16. The van der Waals surface area contributed by atoms with Crippen molar-refractivity contribution in [2.75, 3.05) is 32.0 Å². The Hall–Kier alpha value is -1.91. The smallest absolute Gasteiger partial charge is 0.317 e. The zero-order valence-corrected chi connectivity index (χ0v) is 10.4. The third-order valence-electron chi connectivity index (χ3n) is 2.90. The van der Waals surface area contributed by atoms with Gasteiger partial charge in [-0.3, -0.25) is 0 Å².